The lowest BCUT2D eigenvalue weighted by Crippen LogP contribution is -2.42. The first-order chi connectivity index (χ1) is 9.37. The number of nitrogens with one attached hydrogen (secondary N) is 1. The van der Waals surface area contributed by atoms with Gasteiger partial charge in [-0.2, -0.15) is 0 Å². The van der Waals surface area contributed by atoms with E-state index in [-0.39, 0.29) is 17.6 Å². The highest BCUT2D eigenvalue weighted by Gasteiger charge is 2.14. The molecule has 1 aromatic carbocycles. The lowest BCUT2D eigenvalue weighted by Gasteiger charge is -2.23. The molecule has 0 radical (unpaired) electrons. The fourth-order valence-corrected chi connectivity index (χ4v) is 2.00. The molecule has 1 atom stereocenters. The number of hydrogen-bond donors (Lipinski definition) is 2. The molecule has 1 unspecified atom stereocenters. The van der Waals surface area contributed by atoms with Crippen molar-refractivity contribution in [3.8, 4) is 0 Å². The summed E-state index contributed by atoms with van der Waals surface area (Å²) in [5.41, 5.74) is 1.24. The van der Waals surface area contributed by atoms with Crippen LogP contribution in [0, 0.1) is 0 Å². The molecule has 0 fully saturated rings. The second kappa shape index (κ2) is 5.73. The van der Waals surface area contributed by atoms with Crippen molar-refractivity contribution in [2.45, 2.75) is 39.0 Å². The highest BCUT2D eigenvalue weighted by molar-refractivity contribution is 5.74. The first-order valence-electron chi connectivity index (χ1n) is 6.74. The highest BCUT2D eigenvalue weighted by atomic mass is 16.3. The number of benzene rings is 1. The Bertz CT molecular complexity index is 643. The lowest BCUT2D eigenvalue weighted by molar-refractivity contribution is 0.142. The van der Waals surface area contributed by atoms with Gasteiger partial charge in [0.2, 0.25) is 0 Å². The third-order valence-corrected chi connectivity index (χ3v) is 3.01. The van der Waals surface area contributed by atoms with E-state index in [1.807, 2.05) is 45.0 Å². The van der Waals surface area contributed by atoms with Crippen molar-refractivity contribution in [3.63, 3.8) is 0 Å². The van der Waals surface area contributed by atoms with Crippen LogP contribution < -0.4 is 10.9 Å². The van der Waals surface area contributed by atoms with E-state index in [0.717, 1.165) is 11.0 Å². The largest absolute Gasteiger partial charge is 0.390 e. The van der Waals surface area contributed by atoms with E-state index >= 15 is 0 Å². The fraction of sp³-hybridized carbons (Fsp3) is 0.467. The average molecular weight is 275 g/mol. The Labute approximate surface area is 118 Å². The van der Waals surface area contributed by atoms with Gasteiger partial charge in [-0.25, -0.2) is 4.98 Å². The Morgan fingerprint density at radius 1 is 1.35 bits per heavy atom. The Kier molecular flexibility index (Phi) is 4.20. The molecule has 108 valence electrons. The number of aliphatic hydroxyl groups excluding tert-OH is 1. The first-order valence-corrected chi connectivity index (χ1v) is 6.74. The van der Waals surface area contributed by atoms with Gasteiger partial charge in [-0.3, -0.25) is 4.79 Å². The third-order valence-electron chi connectivity index (χ3n) is 3.01. The zero-order chi connectivity index (χ0) is 14.8. The van der Waals surface area contributed by atoms with Crippen LogP contribution in [-0.2, 0) is 6.54 Å². The highest BCUT2D eigenvalue weighted by Crippen LogP contribution is 2.09. The van der Waals surface area contributed by atoms with E-state index in [2.05, 4.69) is 10.3 Å². The summed E-state index contributed by atoms with van der Waals surface area (Å²) < 4.78 is 1.57. The van der Waals surface area contributed by atoms with E-state index in [0.29, 0.717) is 6.54 Å². The van der Waals surface area contributed by atoms with Crippen molar-refractivity contribution in [3.05, 3.63) is 40.8 Å². The quantitative estimate of drug-likeness (QED) is 0.878. The molecule has 20 heavy (non-hydrogen) atoms. The number of hydrogen-bond acceptors (Lipinski definition) is 4. The standard InChI is InChI=1S/C15H21N3O2/c1-15(2,3)17-8-11(19)10-18-13-7-5-4-6-12(13)16-9-14(18)20/h4-7,9,11,17,19H,8,10H2,1-3H3. The minimum atomic E-state index is -0.627. The number of fused-ring (bicyclic) bond motifs is 1. The molecule has 2 rings (SSSR count). The van der Waals surface area contributed by atoms with Gasteiger partial charge in [-0.1, -0.05) is 12.1 Å². The monoisotopic (exact) mass is 275 g/mol. The van der Waals surface area contributed by atoms with Crippen LogP contribution in [0.3, 0.4) is 0 Å². The van der Waals surface area contributed by atoms with Crippen LogP contribution in [0.4, 0.5) is 0 Å². The summed E-state index contributed by atoms with van der Waals surface area (Å²) in [6.45, 7) is 6.80. The molecule has 0 aliphatic carbocycles. The Morgan fingerprint density at radius 2 is 2.05 bits per heavy atom. The molecule has 0 saturated carbocycles. The van der Waals surface area contributed by atoms with Crippen molar-refractivity contribution < 1.29 is 5.11 Å². The van der Waals surface area contributed by atoms with Gasteiger partial charge in [-0.05, 0) is 32.9 Å². The SMILES string of the molecule is CC(C)(C)NCC(O)Cn1c(=O)cnc2ccccc21. The lowest BCUT2D eigenvalue weighted by atomic mass is 10.1. The molecule has 5 heteroatoms. The van der Waals surface area contributed by atoms with Crippen molar-refractivity contribution in [2.75, 3.05) is 6.54 Å². The van der Waals surface area contributed by atoms with Gasteiger partial charge in [0.1, 0.15) is 0 Å². The summed E-state index contributed by atoms with van der Waals surface area (Å²) in [5.74, 6) is 0. The summed E-state index contributed by atoms with van der Waals surface area (Å²) in [4.78, 5) is 16.0. The van der Waals surface area contributed by atoms with Crippen molar-refractivity contribution >= 4 is 11.0 Å². The van der Waals surface area contributed by atoms with Crippen LogP contribution in [0.2, 0.25) is 0 Å². The van der Waals surface area contributed by atoms with Crippen molar-refractivity contribution in [1.29, 1.82) is 0 Å². The molecule has 0 saturated heterocycles. The number of aromatic nitrogens is 2. The predicted octanol–water partition coefficient (Wildman–Crippen LogP) is 1.15. The molecule has 0 amide bonds. The van der Waals surface area contributed by atoms with Gasteiger partial charge < -0.3 is 15.0 Å². The van der Waals surface area contributed by atoms with E-state index in [9.17, 15) is 9.90 Å². The van der Waals surface area contributed by atoms with Crippen LogP contribution in [0.15, 0.2) is 35.3 Å². The number of rotatable bonds is 4. The van der Waals surface area contributed by atoms with Crippen LogP contribution in [0.25, 0.3) is 11.0 Å². The smallest absolute Gasteiger partial charge is 0.269 e. The third kappa shape index (κ3) is 3.65. The summed E-state index contributed by atoms with van der Waals surface area (Å²) in [6.07, 6.45) is 0.671. The number of aliphatic hydroxyl groups is 1. The minimum absolute atomic E-state index is 0.0632. The second-order valence-corrected chi connectivity index (χ2v) is 5.98. The summed E-state index contributed by atoms with van der Waals surface area (Å²) >= 11 is 0. The van der Waals surface area contributed by atoms with Gasteiger partial charge >= 0.3 is 0 Å². The van der Waals surface area contributed by atoms with Crippen molar-refractivity contribution in [1.82, 2.24) is 14.9 Å². The summed E-state index contributed by atoms with van der Waals surface area (Å²) in [6, 6.07) is 7.43. The van der Waals surface area contributed by atoms with E-state index in [1.165, 1.54) is 6.20 Å². The minimum Gasteiger partial charge on any atom is -0.390 e. The molecular weight excluding hydrogens is 254 g/mol. The number of β-amino-alcohol motifs (C(OH)–C–C–N with tert-alkyl or cyclic N) is 1. The molecule has 0 spiro atoms. The zero-order valence-electron chi connectivity index (χ0n) is 12.1. The van der Waals surface area contributed by atoms with Crippen LogP contribution in [0.5, 0.6) is 0 Å². The Hall–Kier alpha value is -1.72. The second-order valence-electron chi connectivity index (χ2n) is 5.98. The van der Waals surface area contributed by atoms with Gasteiger partial charge in [0.15, 0.2) is 0 Å². The number of nitrogens with zero attached hydrogens (tertiary/aromatic N) is 2. The molecule has 5 nitrogen and oxygen atoms in total. The van der Waals surface area contributed by atoms with Crippen LogP contribution in [0.1, 0.15) is 20.8 Å². The molecule has 2 aromatic rings. The van der Waals surface area contributed by atoms with E-state index in [1.54, 1.807) is 4.57 Å². The number of para-hydroxylation sites is 2. The van der Waals surface area contributed by atoms with Crippen LogP contribution >= 0.6 is 0 Å². The normalized spacial score (nSPS) is 13.6. The molecule has 1 heterocycles. The van der Waals surface area contributed by atoms with Gasteiger partial charge in [0, 0.05) is 12.1 Å². The molecule has 2 N–H and O–H groups in total. The fourth-order valence-electron chi connectivity index (χ4n) is 2.00. The Morgan fingerprint density at radius 3 is 2.75 bits per heavy atom. The van der Waals surface area contributed by atoms with Crippen LogP contribution in [-0.4, -0.2) is 32.8 Å². The first kappa shape index (κ1) is 14.7. The maximum atomic E-state index is 11.9. The maximum Gasteiger partial charge on any atom is 0.269 e. The molecule has 0 aliphatic heterocycles. The Balaban J connectivity index is 2.21. The van der Waals surface area contributed by atoms with E-state index < -0.39 is 6.10 Å². The zero-order valence-corrected chi connectivity index (χ0v) is 12.1. The van der Waals surface area contributed by atoms with Crippen molar-refractivity contribution in [2.24, 2.45) is 0 Å². The average Bonchev–Trinajstić information content (AvgIpc) is 2.39. The molecule has 0 bridgehead atoms. The maximum absolute atomic E-state index is 11.9. The molecule has 0 aliphatic rings. The summed E-state index contributed by atoms with van der Waals surface area (Å²) in [7, 11) is 0. The topological polar surface area (TPSA) is 67.2 Å². The molecular formula is C15H21N3O2. The summed E-state index contributed by atoms with van der Waals surface area (Å²) in [5, 5.41) is 13.3. The predicted molar refractivity (Wildman–Crippen MR) is 79.8 cm³/mol. The van der Waals surface area contributed by atoms with Gasteiger partial charge in [-0.15, -0.1) is 0 Å². The molecule has 1 aromatic heterocycles. The van der Waals surface area contributed by atoms with Gasteiger partial charge in [0.05, 0.1) is 29.9 Å². The van der Waals surface area contributed by atoms with E-state index in [4.69, 9.17) is 0 Å². The van der Waals surface area contributed by atoms with Gasteiger partial charge in [0.25, 0.3) is 5.56 Å².